The molecule has 0 amide bonds. The van der Waals surface area contributed by atoms with E-state index in [1.54, 1.807) is 0 Å². The zero-order valence-corrected chi connectivity index (χ0v) is 13.4. The quantitative estimate of drug-likeness (QED) is 0.820. The molecule has 0 aliphatic heterocycles. The van der Waals surface area contributed by atoms with Crippen LogP contribution in [0.3, 0.4) is 0 Å². The van der Waals surface area contributed by atoms with E-state index in [0.717, 1.165) is 6.54 Å². The molecule has 2 atom stereocenters. The Kier molecular flexibility index (Phi) is 4.94. The van der Waals surface area contributed by atoms with E-state index in [2.05, 4.69) is 33.0 Å². The van der Waals surface area contributed by atoms with Crippen molar-refractivity contribution in [2.45, 2.75) is 96.8 Å². The van der Waals surface area contributed by atoms with Crippen LogP contribution in [0.15, 0.2) is 0 Å². The van der Waals surface area contributed by atoms with Gasteiger partial charge in [-0.15, -0.1) is 0 Å². The summed E-state index contributed by atoms with van der Waals surface area (Å²) in [6.45, 7) is 10.0. The Morgan fingerprint density at radius 2 is 1.74 bits per heavy atom. The predicted octanol–water partition coefficient (Wildman–Crippen LogP) is 4.28. The molecule has 0 aromatic rings. The van der Waals surface area contributed by atoms with E-state index in [0.29, 0.717) is 17.6 Å². The van der Waals surface area contributed by atoms with Crippen molar-refractivity contribution in [2.24, 2.45) is 5.41 Å². The molecular formula is C17H33NO. The summed E-state index contributed by atoms with van der Waals surface area (Å²) >= 11 is 0. The van der Waals surface area contributed by atoms with Crippen LogP contribution in [0.2, 0.25) is 0 Å². The molecule has 2 aliphatic carbocycles. The lowest BCUT2D eigenvalue weighted by atomic mass is 9.57. The molecule has 0 heterocycles. The van der Waals surface area contributed by atoms with Crippen molar-refractivity contribution in [3.05, 3.63) is 0 Å². The van der Waals surface area contributed by atoms with Gasteiger partial charge in [-0.05, 0) is 53.0 Å². The first-order valence-electron chi connectivity index (χ1n) is 8.39. The van der Waals surface area contributed by atoms with Gasteiger partial charge in [0, 0.05) is 11.5 Å². The average molecular weight is 267 g/mol. The second kappa shape index (κ2) is 6.13. The number of nitrogens with one attached hydrogen (secondary N) is 1. The number of rotatable bonds is 4. The molecule has 1 spiro atoms. The van der Waals surface area contributed by atoms with Crippen LogP contribution in [0.25, 0.3) is 0 Å². The van der Waals surface area contributed by atoms with Crippen LogP contribution >= 0.6 is 0 Å². The van der Waals surface area contributed by atoms with Crippen LogP contribution in [0.5, 0.6) is 0 Å². The van der Waals surface area contributed by atoms with Crippen molar-refractivity contribution in [2.75, 3.05) is 6.54 Å². The maximum atomic E-state index is 6.39. The molecule has 0 aromatic carbocycles. The summed E-state index contributed by atoms with van der Waals surface area (Å²) in [6.07, 6.45) is 11.3. The molecule has 2 saturated carbocycles. The van der Waals surface area contributed by atoms with E-state index in [-0.39, 0.29) is 5.60 Å². The molecule has 2 unspecified atom stereocenters. The third-order valence-electron chi connectivity index (χ3n) is 4.96. The van der Waals surface area contributed by atoms with Gasteiger partial charge in [-0.3, -0.25) is 0 Å². The third kappa shape index (κ3) is 3.52. The van der Waals surface area contributed by atoms with Crippen LogP contribution in [-0.2, 0) is 4.74 Å². The Morgan fingerprint density at radius 3 is 2.26 bits per heavy atom. The molecule has 112 valence electrons. The second-order valence-corrected chi connectivity index (χ2v) is 7.61. The van der Waals surface area contributed by atoms with E-state index in [4.69, 9.17) is 4.74 Å². The molecule has 2 rings (SSSR count). The van der Waals surface area contributed by atoms with Gasteiger partial charge in [-0.2, -0.15) is 0 Å². The summed E-state index contributed by atoms with van der Waals surface area (Å²) in [5.41, 5.74) is 0.443. The van der Waals surface area contributed by atoms with Gasteiger partial charge in [0.05, 0.1) is 11.7 Å². The summed E-state index contributed by atoms with van der Waals surface area (Å²) < 4.78 is 6.39. The molecule has 0 saturated heterocycles. The average Bonchev–Trinajstić information content (AvgIpc) is 2.59. The summed E-state index contributed by atoms with van der Waals surface area (Å²) in [4.78, 5) is 0. The number of hydrogen-bond acceptors (Lipinski definition) is 2. The van der Waals surface area contributed by atoms with Gasteiger partial charge >= 0.3 is 0 Å². The van der Waals surface area contributed by atoms with Crippen molar-refractivity contribution < 1.29 is 4.74 Å². The van der Waals surface area contributed by atoms with Gasteiger partial charge in [0.2, 0.25) is 0 Å². The van der Waals surface area contributed by atoms with Crippen LogP contribution in [0.1, 0.15) is 79.1 Å². The maximum absolute atomic E-state index is 6.39. The van der Waals surface area contributed by atoms with Crippen molar-refractivity contribution in [1.29, 1.82) is 0 Å². The minimum absolute atomic E-state index is 0.000300. The van der Waals surface area contributed by atoms with E-state index in [1.807, 2.05) is 0 Å². The fourth-order valence-corrected chi connectivity index (χ4v) is 4.00. The fourth-order valence-electron chi connectivity index (χ4n) is 4.00. The standard InChI is InChI=1S/C17H33NO/c1-5-12-18-14-13-15(19-16(2,3)4)17(14)10-8-6-7-9-11-17/h14-15,18H,5-13H2,1-4H3. The highest BCUT2D eigenvalue weighted by atomic mass is 16.5. The zero-order valence-electron chi connectivity index (χ0n) is 13.4. The smallest absolute Gasteiger partial charge is 0.0668 e. The molecule has 2 fully saturated rings. The van der Waals surface area contributed by atoms with Gasteiger partial charge in [0.1, 0.15) is 0 Å². The van der Waals surface area contributed by atoms with Gasteiger partial charge in [-0.1, -0.05) is 32.6 Å². The van der Waals surface area contributed by atoms with E-state index in [1.165, 1.54) is 51.4 Å². The monoisotopic (exact) mass is 267 g/mol. The minimum Gasteiger partial charge on any atom is -0.372 e. The molecule has 2 nitrogen and oxygen atoms in total. The van der Waals surface area contributed by atoms with Gasteiger partial charge < -0.3 is 10.1 Å². The first-order valence-corrected chi connectivity index (χ1v) is 8.39. The maximum Gasteiger partial charge on any atom is 0.0668 e. The minimum atomic E-state index is -0.000300. The van der Waals surface area contributed by atoms with E-state index >= 15 is 0 Å². The highest BCUT2D eigenvalue weighted by Crippen LogP contribution is 2.53. The number of ether oxygens (including phenoxy) is 1. The highest BCUT2D eigenvalue weighted by molar-refractivity contribution is 5.08. The van der Waals surface area contributed by atoms with Crippen LogP contribution in [0.4, 0.5) is 0 Å². The lowest BCUT2D eigenvalue weighted by molar-refractivity contribution is -0.191. The van der Waals surface area contributed by atoms with Crippen molar-refractivity contribution in [3.8, 4) is 0 Å². The summed E-state index contributed by atoms with van der Waals surface area (Å²) in [5.74, 6) is 0. The van der Waals surface area contributed by atoms with Crippen molar-refractivity contribution in [3.63, 3.8) is 0 Å². The molecule has 2 heteroatoms. The number of hydrogen-bond donors (Lipinski definition) is 1. The summed E-state index contributed by atoms with van der Waals surface area (Å²) in [6, 6.07) is 0.706. The van der Waals surface area contributed by atoms with Crippen LogP contribution in [-0.4, -0.2) is 24.3 Å². The fraction of sp³-hybridized carbons (Fsp3) is 1.00. The molecule has 0 radical (unpaired) electrons. The Balaban J connectivity index is 2.04. The van der Waals surface area contributed by atoms with Gasteiger partial charge in [0.15, 0.2) is 0 Å². The van der Waals surface area contributed by atoms with E-state index < -0.39 is 0 Å². The zero-order chi connectivity index (χ0) is 13.9. The van der Waals surface area contributed by atoms with Gasteiger partial charge in [-0.25, -0.2) is 0 Å². The molecule has 2 aliphatic rings. The Hall–Kier alpha value is -0.0800. The van der Waals surface area contributed by atoms with Crippen LogP contribution in [0, 0.1) is 5.41 Å². The van der Waals surface area contributed by atoms with Gasteiger partial charge in [0.25, 0.3) is 0 Å². The van der Waals surface area contributed by atoms with Crippen LogP contribution < -0.4 is 5.32 Å². The largest absolute Gasteiger partial charge is 0.372 e. The Morgan fingerprint density at radius 1 is 1.11 bits per heavy atom. The molecule has 0 aromatic heterocycles. The third-order valence-corrected chi connectivity index (χ3v) is 4.96. The summed E-state index contributed by atoms with van der Waals surface area (Å²) in [7, 11) is 0. The molecule has 19 heavy (non-hydrogen) atoms. The predicted molar refractivity (Wildman–Crippen MR) is 81.5 cm³/mol. The Labute approximate surface area is 119 Å². The lowest BCUT2D eigenvalue weighted by Crippen LogP contribution is -2.64. The molecule has 0 bridgehead atoms. The topological polar surface area (TPSA) is 21.3 Å². The first kappa shape index (κ1) is 15.3. The van der Waals surface area contributed by atoms with Crippen molar-refractivity contribution in [1.82, 2.24) is 5.32 Å². The van der Waals surface area contributed by atoms with Crippen molar-refractivity contribution >= 4 is 0 Å². The summed E-state index contributed by atoms with van der Waals surface area (Å²) in [5, 5.41) is 3.79. The SMILES string of the molecule is CCCNC1CC(OC(C)(C)C)C12CCCCCC2. The highest BCUT2D eigenvalue weighted by Gasteiger charge is 2.55. The molecular weight excluding hydrogens is 234 g/mol. The second-order valence-electron chi connectivity index (χ2n) is 7.61. The Bertz CT molecular complexity index is 273. The lowest BCUT2D eigenvalue weighted by Gasteiger charge is -2.57. The first-order chi connectivity index (χ1) is 8.98. The normalized spacial score (nSPS) is 30.9. The van der Waals surface area contributed by atoms with E-state index in [9.17, 15) is 0 Å². The molecule has 1 N–H and O–H groups in total.